The summed E-state index contributed by atoms with van der Waals surface area (Å²) in [6.07, 6.45) is 0. The van der Waals surface area contributed by atoms with E-state index in [1.165, 1.54) is 0 Å². The molecule has 0 aromatic heterocycles. The normalized spacial score (nSPS) is 15.0. The average molecular weight is 302 g/mol. The number of rotatable bonds is 2. The van der Waals surface area contributed by atoms with Gasteiger partial charge in [-0.25, -0.2) is 0 Å². The second kappa shape index (κ2) is 6.29. The van der Waals surface area contributed by atoms with E-state index in [4.69, 9.17) is 16.3 Å². The van der Waals surface area contributed by atoms with Crippen molar-refractivity contribution in [1.29, 1.82) is 0 Å². The Kier molecular flexibility index (Phi) is 4.23. The summed E-state index contributed by atoms with van der Waals surface area (Å²) in [5.74, 6) is 0.0120. The Balaban J connectivity index is 1.92. The Labute approximate surface area is 129 Å². The van der Waals surface area contributed by atoms with E-state index >= 15 is 0 Å². The first-order valence-corrected chi connectivity index (χ1v) is 7.35. The topological polar surface area (TPSA) is 29.5 Å². The van der Waals surface area contributed by atoms with Crippen LogP contribution in [0, 0.1) is 0 Å². The Morgan fingerprint density at radius 3 is 2.43 bits per heavy atom. The molecule has 0 N–H and O–H groups in total. The van der Waals surface area contributed by atoms with Crippen LogP contribution in [0.5, 0.6) is 0 Å². The van der Waals surface area contributed by atoms with E-state index in [1.807, 2.05) is 47.4 Å². The van der Waals surface area contributed by atoms with Crippen molar-refractivity contribution in [2.45, 2.75) is 0 Å². The van der Waals surface area contributed by atoms with Gasteiger partial charge in [-0.1, -0.05) is 41.9 Å². The molecule has 1 fully saturated rings. The number of amides is 1. The number of carbonyl (C=O) groups is 1. The van der Waals surface area contributed by atoms with Crippen LogP contribution < -0.4 is 0 Å². The number of ether oxygens (including phenoxy) is 1. The third kappa shape index (κ3) is 3.26. The van der Waals surface area contributed by atoms with Crippen molar-refractivity contribution < 1.29 is 9.53 Å². The minimum Gasteiger partial charge on any atom is -0.378 e. The molecule has 4 heteroatoms. The van der Waals surface area contributed by atoms with Crippen molar-refractivity contribution in [2.75, 3.05) is 26.3 Å². The fourth-order valence-corrected chi connectivity index (χ4v) is 2.69. The van der Waals surface area contributed by atoms with Crippen molar-refractivity contribution in [3.8, 4) is 11.1 Å². The monoisotopic (exact) mass is 301 g/mol. The van der Waals surface area contributed by atoms with Crippen LogP contribution in [0.15, 0.2) is 48.5 Å². The molecule has 0 saturated carbocycles. The molecule has 3 rings (SSSR count). The molecule has 0 radical (unpaired) electrons. The Morgan fingerprint density at radius 1 is 1.00 bits per heavy atom. The van der Waals surface area contributed by atoms with Gasteiger partial charge in [-0.3, -0.25) is 4.79 Å². The molecule has 0 atom stereocenters. The Hall–Kier alpha value is -1.84. The number of nitrogens with zero attached hydrogens (tertiary/aromatic N) is 1. The van der Waals surface area contributed by atoms with Crippen LogP contribution in [-0.4, -0.2) is 37.1 Å². The number of hydrogen-bond donors (Lipinski definition) is 0. The summed E-state index contributed by atoms with van der Waals surface area (Å²) in [5, 5.41) is 0.577. The molecule has 1 saturated heterocycles. The molecular weight excluding hydrogens is 286 g/mol. The summed E-state index contributed by atoms with van der Waals surface area (Å²) in [7, 11) is 0. The molecule has 0 aliphatic carbocycles. The zero-order chi connectivity index (χ0) is 14.7. The molecule has 0 spiro atoms. The van der Waals surface area contributed by atoms with E-state index in [0.29, 0.717) is 36.9 Å². The summed E-state index contributed by atoms with van der Waals surface area (Å²) in [4.78, 5) is 14.4. The van der Waals surface area contributed by atoms with Gasteiger partial charge in [0.05, 0.1) is 13.2 Å². The zero-order valence-electron chi connectivity index (χ0n) is 11.6. The van der Waals surface area contributed by atoms with Gasteiger partial charge in [0.2, 0.25) is 0 Å². The fraction of sp³-hybridized carbons (Fsp3) is 0.235. The Bertz CT molecular complexity index is 636. The maximum Gasteiger partial charge on any atom is 0.254 e. The predicted molar refractivity (Wildman–Crippen MR) is 83.6 cm³/mol. The molecule has 108 valence electrons. The van der Waals surface area contributed by atoms with Gasteiger partial charge < -0.3 is 9.64 Å². The number of hydrogen-bond acceptors (Lipinski definition) is 2. The highest BCUT2D eigenvalue weighted by Gasteiger charge is 2.19. The molecular formula is C17H16ClNO2. The van der Waals surface area contributed by atoms with Crippen LogP contribution in [0.3, 0.4) is 0 Å². The first kappa shape index (κ1) is 14.1. The number of benzene rings is 2. The van der Waals surface area contributed by atoms with E-state index in [2.05, 4.69) is 0 Å². The second-order valence-corrected chi connectivity index (χ2v) is 5.44. The highest BCUT2D eigenvalue weighted by molar-refractivity contribution is 6.31. The van der Waals surface area contributed by atoms with Crippen molar-refractivity contribution in [1.82, 2.24) is 4.90 Å². The van der Waals surface area contributed by atoms with Crippen LogP contribution in [-0.2, 0) is 4.74 Å². The third-order valence-corrected chi connectivity index (χ3v) is 3.77. The van der Waals surface area contributed by atoms with Crippen LogP contribution in [0.1, 0.15) is 10.4 Å². The smallest absolute Gasteiger partial charge is 0.254 e. The van der Waals surface area contributed by atoms with Crippen molar-refractivity contribution in [3.63, 3.8) is 0 Å². The van der Waals surface area contributed by atoms with E-state index in [9.17, 15) is 4.79 Å². The largest absolute Gasteiger partial charge is 0.378 e. The van der Waals surface area contributed by atoms with Crippen LogP contribution >= 0.6 is 11.6 Å². The van der Waals surface area contributed by atoms with Gasteiger partial charge in [-0.15, -0.1) is 0 Å². The van der Waals surface area contributed by atoms with E-state index in [1.54, 1.807) is 6.07 Å². The van der Waals surface area contributed by atoms with Crippen molar-refractivity contribution in [2.24, 2.45) is 0 Å². The minimum atomic E-state index is 0.0120. The van der Waals surface area contributed by atoms with Gasteiger partial charge in [0.1, 0.15) is 0 Å². The van der Waals surface area contributed by atoms with Crippen LogP contribution in [0.25, 0.3) is 11.1 Å². The highest BCUT2D eigenvalue weighted by Crippen LogP contribution is 2.25. The fourth-order valence-electron chi connectivity index (χ4n) is 2.46. The molecule has 0 unspecified atom stereocenters. The molecule has 2 aromatic carbocycles. The summed E-state index contributed by atoms with van der Waals surface area (Å²) in [5.41, 5.74) is 2.64. The SMILES string of the molecule is O=C(c1cc(Cl)cc(-c2ccccc2)c1)N1CCOCC1. The Morgan fingerprint density at radius 2 is 1.71 bits per heavy atom. The summed E-state index contributed by atoms with van der Waals surface area (Å²) in [6.45, 7) is 2.45. The lowest BCUT2D eigenvalue weighted by molar-refractivity contribution is 0.0303. The lowest BCUT2D eigenvalue weighted by atomic mass is 10.0. The lowest BCUT2D eigenvalue weighted by Crippen LogP contribution is -2.40. The molecule has 2 aromatic rings. The first-order chi connectivity index (χ1) is 10.2. The molecule has 3 nitrogen and oxygen atoms in total. The number of morpholine rings is 1. The minimum absolute atomic E-state index is 0.0120. The molecule has 1 amide bonds. The standard InChI is InChI=1S/C17H16ClNO2/c18-16-11-14(13-4-2-1-3-5-13)10-15(12-16)17(20)19-6-8-21-9-7-19/h1-5,10-12H,6-9H2. The van der Waals surface area contributed by atoms with Gasteiger partial charge in [-0.2, -0.15) is 0 Å². The second-order valence-electron chi connectivity index (χ2n) is 5.00. The highest BCUT2D eigenvalue weighted by atomic mass is 35.5. The van der Waals surface area contributed by atoms with Gasteiger partial charge in [0, 0.05) is 23.7 Å². The molecule has 21 heavy (non-hydrogen) atoms. The van der Waals surface area contributed by atoms with Gasteiger partial charge >= 0.3 is 0 Å². The van der Waals surface area contributed by atoms with E-state index in [-0.39, 0.29) is 5.91 Å². The molecule has 0 bridgehead atoms. The van der Waals surface area contributed by atoms with Crippen LogP contribution in [0.2, 0.25) is 5.02 Å². The molecule has 1 aliphatic heterocycles. The lowest BCUT2D eigenvalue weighted by Gasteiger charge is -2.27. The number of halogens is 1. The predicted octanol–water partition coefficient (Wildman–Crippen LogP) is 3.48. The zero-order valence-corrected chi connectivity index (χ0v) is 12.3. The summed E-state index contributed by atoms with van der Waals surface area (Å²) in [6, 6.07) is 15.4. The first-order valence-electron chi connectivity index (χ1n) is 6.97. The molecule has 1 heterocycles. The van der Waals surface area contributed by atoms with Crippen LogP contribution in [0.4, 0.5) is 0 Å². The van der Waals surface area contributed by atoms with Gasteiger partial charge in [0.15, 0.2) is 0 Å². The van der Waals surface area contributed by atoms with Crippen molar-refractivity contribution in [3.05, 3.63) is 59.1 Å². The molecule has 1 aliphatic rings. The quantitative estimate of drug-likeness (QED) is 0.850. The van der Waals surface area contributed by atoms with Crippen molar-refractivity contribution >= 4 is 17.5 Å². The summed E-state index contributed by atoms with van der Waals surface area (Å²) < 4.78 is 5.28. The summed E-state index contributed by atoms with van der Waals surface area (Å²) >= 11 is 6.19. The maximum atomic E-state index is 12.5. The maximum absolute atomic E-state index is 12.5. The van der Waals surface area contributed by atoms with E-state index < -0.39 is 0 Å². The number of carbonyl (C=O) groups excluding carboxylic acids is 1. The average Bonchev–Trinajstić information content (AvgIpc) is 2.55. The van der Waals surface area contributed by atoms with Gasteiger partial charge in [-0.05, 0) is 29.3 Å². The van der Waals surface area contributed by atoms with Gasteiger partial charge in [0.25, 0.3) is 5.91 Å². The van der Waals surface area contributed by atoms with E-state index in [0.717, 1.165) is 11.1 Å². The third-order valence-electron chi connectivity index (χ3n) is 3.55.